The van der Waals surface area contributed by atoms with Crippen LogP contribution in [0.1, 0.15) is 83.0 Å². The number of thiophene rings is 2. The summed E-state index contributed by atoms with van der Waals surface area (Å²) in [6, 6.07) is 10.7. The molecule has 0 aliphatic carbocycles. The van der Waals surface area contributed by atoms with Crippen LogP contribution in [0.3, 0.4) is 0 Å². The number of hydrogen-bond acceptors (Lipinski definition) is 6. The Kier molecular flexibility index (Phi) is 6.49. The Morgan fingerprint density at radius 2 is 0.825 bits per heavy atom. The lowest BCUT2D eigenvalue weighted by Gasteiger charge is -2.26. The van der Waals surface area contributed by atoms with Crippen molar-refractivity contribution < 1.29 is 19.2 Å². The lowest BCUT2D eigenvalue weighted by atomic mass is 9.84. The molecule has 2 aromatic heterocycles. The fraction of sp³-hybridized carbons (Fsp3) is 0.400. The van der Waals surface area contributed by atoms with Gasteiger partial charge in [0.25, 0.3) is 23.6 Å². The van der Waals surface area contributed by atoms with Crippen LogP contribution in [0.2, 0.25) is 36.3 Å². The number of hydrogen-bond donors (Lipinski definition) is 2. The van der Waals surface area contributed by atoms with E-state index in [4.69, 9.17) is 0 Å². The van der Waals surface area contributed by atoms with Gasteiger partial charge in [0.05, 0.1) is 38.4 Å². The Morgan fingerprint density at radius 1 is 0.525 bits per heavy atom. The van der Waals surface area contributed by atoms with E-state index >= 15 is 0 Å². The minimum atomic E-state index is -1.83. The number of imide groups is 2. The Hall–Kier alpha value is -2.67. The van der Waals surface area contributed by atoms with Gasteiger partial charge in [0.15, 0.2) is 0 Å². The molecule has 2 aromatic carbocycles. The molecular formula is C30H34N2O4S2Si2. The van der Waals surface area contributed by atoms with Crippen LogP contribution in [-0.2, 0) is 0 Å². The van der Waals surface area contributed by atoms with E-state index in [-0.39, 0.29) is 0 Å². The van der Waals surface area contributed by atoms with Crippen molar-refractivity contribution in [1.29, 1.82) is 0 Å². The first-order valence-electron chi connectivity index (χ1n) is 14.4. The van der Waals surface area contributed by atoms with Crippen LogP contribution in [0.15, 0.2) is 12.1 Å². The van der Waals surface area contributed by atoms with Crippen LogP contribution in [0, 0.1) is 0 Å². The highest BCUT2D eigenvalue weighted by Gasteiger charge is 2.42. The lowest BCUT2D eigenvalue weighted by Crippen LogP contribution is -2.43. The van der Waals surface area contributed by atoms with Gasteiger partial charge in [0.2, 0.25) is 0 Å². The fourth-order valence-electron chi connectivity index (χ4n) is 7.20. The second kappa shape index (κ2) is 9.44. The molecule has 40 heavy (non-hydrogen) atoms. The van der Waals surface area contributed by atoms with Crippen molar-refractivity contribution in [2.45, 2.75) is 77.8 Å². The Labute approximate surface area is 243 Å². The first kappa shape index (κ1) is 27.5. The molecule has 0 spiro atoms. The maximum Gasteiger partial charge on any atom is 0.260 e. The van der Waals surface area contributed by atoms with Crippen molar-refractivity contribution in [3.63, 3.8) is 0 Å². The number of nitrogens with one attached hydrogen (secondary N) is 2. The van der Waals surface area contributed by atoms with Crippen LogP contribution in [-0.4, -0.2) is 39.8 Å². The highest BCUT2D eigenvalue weighted by molar-refractivity contribution is 7.33. The van der Waals surface area contributed by atoms with Crippen molar-refractivity contribution in [1.82, 2.24) is 10.6 Å². The number of fused-ring (bicyclic) bond motifs is 6. The molecule has 208 valence electrons. The smallest absolute Gasteiger partial charge is 0.260 e. The monoisotopic (exact) mass is 606 g/mol. The van der Waals surface area contributed by atoms with E-state index in [1.807, 2.05) is 0 Å². The van der Waals surface area contributed by atoms with E-state index < -0.39 is 39.8 Å². The molecule has 0 atom stereocenters. The Bertz CT molecular complexity index is 1560. The SMILES string of the molecule is CC[Si](CC)(CC)c1cc2c3c4c(c5sc([Si](CC)(CC)CC)cc5c5c4c(c2s1)C(=O)NC5=O)C(=O)NC3=O. The van der Waals surface area contributed by atoms with Gasteiger partial charge < -0.3 is 0 Å². The van der Waals surface area contributed by atoms with Gasteiger partial charge in [-0.2, -0.15) is 0 Å². The summed E-state index contributed by atoms with van der Waals surface area (Å²) in [5, 5.41) is 7.67. The normalized spacial score (nSPS) is 15.4. The summed E-state index contributed by atoms with van der Waals surface area (Å²) in [5.74, 6) is -1.79. The molecule has 6 rings (SSSR count). The van der Waals surface area contributed by atoms with Crippen molar-refractivity contribution in [2.75, 3.05) is 0 Å². The molecular weight excluding hydrogens is 573 g/mol. The molecule has 4 amide bonds. The third-order valence-electron chi connectivity index (χ3n) is 10.2. The number of carbonyl (C=O) groups excluding carboxylic acids is 4. The van der Waals surface area contributed by atoms with Gasteiger partial charge in [-0.15, -0.1) is 22.7 Å². The highest BCUT2D eigenvalue weighted by Crippen LogP contribution is 2.47. The number of carbonyl (C=O) groups is 4. The zero-order valence-corrected chi connectivity index (χ0v) is 27.5. The van der Waals surface area contributed by atoms with Crippen LogP contribution >= 0.6 is 22.7 Å². The van der Waals surface area contributed by atoms with E-state index in [9.17, 15) is 19.2 Å². The van der Waals surface area contributed by atoms with Gasteiger partial charge in [-0.1, -0.05) is 77.8 Å². The van der Waals surface area contributed by atoms with Crippen LogP contribution in [0.5, 0.6) is 0 Å². The van der Waals surface area contributed by atoms with E-state index in [0.29, 0.717) is 33.0 Å². The molecule has 2 N–H and O–H groups in total. The minimum Gasteiger partial charge on any atom is -0.288 e. The summed E-state index contributed by atoms with van der Waals surface area (Å²) in [5.41, 5.74) is 1.74. The van der Waals surface area contributed by atoms with E-state index in [1.54, 1.807) is 22.7 Å². The molecule has 4 heterocycles. The molecule has 2 aliphatic rings. The number of benzene rings is 2. The second-order valence-corrected chi connectivity index (χ2v) is 24.5. The Balaban J connectivity index is 1.87. The fourth-order valence-corrected chi connectivity index (χ4v) is 20.1. The highest BCUT2D eigenvalue weighted by atomic mass is 32.1. The van der Waals surface area contributed by atoms with E-state index in [2.05, 4.69) is 64.3 Å². The van der Waals surface area contributed by atoms with Gasteiger partial charge in [0.1, 0.15) is 0 Å². The summed E-state index contributed by atoms with van der Waals surface area (Å²) in [4.78, 5) is 54.4. The summed E-state index contributed by atoms with van der Waals surface area (Å²) in [6.45, 7) is 13.4. The number of amides is 4. The van der Waals surface area contributed by atoms with Gasteiger partial charge in [-0.05, 0) is 21.1 Å². The molecule has 10 heteroatoms. The third kappa shape index (κ3) is 3.36. The van der Waals surface area contributed by atoms with Gasteiger partial charge >= 0.3 is 0 Å². The third-order valence-corrected chi connectivity index (χ3v) is 25.8. The summed E-state index contributed by atoms with van der Waals surface area (Å²) >= 11 is 3.23. The lowest BCUT2D eigenvalue weighted by molar-refractivity contribution is 0.0826. The van der Waals surface area contributed by atoms with Crippen molar-refractivity contribution in [3.05, 3.63) is 34.4 Å². The van der Waals surface area contributed by atoms with Gasteiger partial charge in [-0.25, -0.2) is 0 Å². The van der Waals surface area contributed by atoms with Crippen LogP contribution < -0.4 is 19.6 Å². The number of rotatable bonds is 8. The second-order valence-electron chi connectivity index (χ2n) is 11.2. The molecule has 0 bridgehead atoms. The van der Waals surface area contributed by atoms with Crippen molar-refractivity contribution in [2.24, 2.45) is 0 Å². The molecule has 2 aliphatic heterocycles. The molecule has 0 saturated heterocycles. The zero-order chi connectivity index (χ0) is 28.7. The van der Waals surface area contributed by atoms with Gasteiger partial charge in [0, 0.05) is 30.9 Å². The van der Waals surface area contributed by atoms with Gasteiger partial charge in [-0.3, -0.25) is 29.8 Å². The Morgan fingerprint density at radius 3 is 1.12 bits per heavy atom. The van der Waals surface area contributed by atoms with Crippen LogP contribution in [0.4, 0.5) is 0 Å². The van der Waals surface area contributed by atoms with E-state index in [0.717, 1.165) is 56.4 Å². The summed E-state index contributed by atoms with van der Waals surface area (Å²) in [7, 11) is -3.67. The molecule has 6 nitrogen and oxygen atoms in total. The molecule has 4 aromatic rings. The minimum absolute atomic E-state index is 0.433. The largest absolute Gasteiger partial charge is 0.288 e. The summed E-state index contributed by atoms with van der Waals surface area (Å²) in [6.07, 6.45) is 0. The van der Waals surface area contributed by atoms with Crippen molar-refractivity contribution >= 4 is 102 Å². The quantitative estimate of drug-likeness (QED) is 0.178. The molecule has 0 fully saturated rings. The predicted octanol–water partition coefficient (Wildman–Crippen LogP) is 6.47. The van der Waals surface area contributed by atoms with Crippen LogP contribution in [0.25, 0.3) is 30.9 Å². The molecule has 0 unspecified atom stereocenters. The predicted molar refractivity (Wildman–Crippen MR) is 172 cm³/mol. The summed E-state index contributed by atoms with van der Waals surface area (Å²) < 4.78 is 4.04. The standard InChI is InChI=1S/C30H34N2O4S2Si2/c1-7-39(8-2,9-3)17-13-15-19-21-22-20(28(34)32-29(35)23(22)25(15)37-17)16-14-18(40(10-4,11-5)12-6)38-26(16)24(21)30(36)31-27(19)33/h13-14H,7-12H2,1-6H3,(H,31,33,36)(H,32,34,35). The van der Waals surface area contributed by atoms with E-state index in [1.165, 1.54) is 9.00 Å². The topological polar surface area (TPSA) is 92.3 Å². The maximum absolute atomic E-state index is 13.6. The average molecular weight is 607 g/mol. The van der Waals surface area contributed by atoms with Crippen molar-refractivity contribution in [3.8, 4) is 0 Å². The average Bonchev–Trinajstić information content (AvgIpc) is 3.58. The maximum atomic E-state index is 13.6. The molecule has 0 saturated carbocycles. The molecule has 0 radical (unpaired) electrons. The first-order valence-corrected chi connectivity index (χ1v) is 21.3. The zero-order valence-electron chi connectivity index (χ0n) is 23.8. The first-order chi connectivity index (χ1) is 19.1.